The number of hydrogen-bond donors (Lipinski definition) is 1. The van der Waals surface area contributed by atoms with E-state index in [-0.39, 0.29) is 24.1 Å². The Morgan fingerprint density at radius 2 is 1.59 bits per heavy atom. The number of carbonyl (C=O) groups is 2. The molecule has 1 unspecified atom stereocenters. The van der Waals surface area contributed by atoms with Gasteiger partial charge >= 0.3 is 0 Å². The molecular formula is C24H19F2N3O2S. The fourth-order valence-electron chi connectivity index (χ4n) is 3.14. The molecule has 0 bridgehead atoms. The molecule has 1 fully saturated rings. The lowest BCUT2D eigenvalue weighted by molar-refractivity contribution is -0.129. The molecule has 0 aromatic heterocycles. The van der Waals surface area contributed by atoms with Gasteiger partial charge in [-0.15, -0.1) is 0 Å². The van der Waals surface area contributed by atoms with Crippen LogP contribution in [-0.4, -0.2) is 27.1 Å². The number of nitrogens with one attached hydrogen (secondary N) is 1. The predicted octanol–water partition coefficient (Wildman–Crippen LogP) is 5.13. The number of amides is 2. The van der Waals surface area contributed by atoms with Crippen molar-refractivity contribution in [1.82, 2.24) is 4.90 Å². The molecule has 3 aromatic rings. The van der Waals surface area contributed by atoms with Crippen LogP contribution in [0.3, 0.4) is 0 Å². The first-order valence-electron chi connectivity index (χ1n) is 9.89. The summed E-state index contributed by atoms with van der Waals surface area (Å²) in [4.78, 5) is 31.9. The summed E-state index contributed by atoms with van der Waals surface area (Å²) in [6.45, 7) is 0.305. The number of thioether (sulfide) groups is 1. The second-order valence-electron chi connectivity index (χ2n) is 7.14. The Balaban J connectivity index is 1.58. The third kappa shape index (κ3) is 5.39. The lowest BCUT2D eigenvalue weighted by Crippen LogP contribution is -2.44. The summed E-state index contributed by atoms with van der Waals surface area (Å²) in [5.74, 6) is -1.41. The molecule has 1 heterocycles. The van der Waals surface area contributed by atoms with Crippen molar-refractivity contribution in [2.75, 3.05) is 5.32 Å². The molecule has 0 aliphatic carbocycles. The zero-order valence-corrected chi connectivity index (χ0v) is 17.7. The van der Waals surface area contributed by atoms with Crippen molar-refractivity contribution in [2.45, 2.75) is 18.2 Å². The van der Waals surface area contributed by atoms with Crippen LogP contribution in [0.2, 0.25) is 0 Å². The number of carbonyl (C=O) groups excluding carboxylic acids is 2. The highest BCUT2D eigenvalue weighted by atomic mass is 32.2. The molecule has 5 nitrogen and oxygen atoms in total. The summed E-state index contributed by atoms with van der Waals surface area (Å²) in [7, 11) is 0. The van der Waals surface area contributed by atoms with Gasteiger partial charge in [0.2, 0.25) is 11.8 Å². The summed E-state index contributed by atoms with van der Waals surface area (Å²) in [6.07, 6.45) is -0.00698. The van der Waals surface area contributed by atoms with Crippen LogP contribution in [0.15, 0.2) is 83.9 Å². The van der Waals surface area contributed by atoms with E-state index in [0.717, 1.165) is 5.56 Å². The van der Waals surface area contributed by atoms with Crippen molar-refractivity contribution < 1.29 is 18.4 Å². The topological polar surface area (TPSA) is 61.8 Å². The lowest BCUT2D eigenvalue weighted by atomic mass is 10.2. The van der Waals surface area contributed by atoms with Crippen LogP contribution < -0.4 is 5.32 Å². The highest BCUT2D eigenvalue weighted by Gasteiger charge is 2.36. The molecule has 32 heavy (non-hydrogen) atoms. The standard InChI is InChI=1S/C24H19F2N3O2S/c25-17-6-10-19(11-7-17)27-23(31)21-14-22(30)29(15-16-4-2-1-3-5-16)24(32-21)28-20-12-8-18(26)9-13-20/h1-13,21H,14-15H2,(H,27,31). The molecule has 1 aliphatic rings. The zero-order valence-electron chi connectivity index (χ0n) is 16.9. The number of halogens is 2. The van der Waals surface area contributed by atoms with Crippen molar-refractivity contribution in [3.05, 3.63) is 96.1 Å². The zero-order chi connectivity index (χ0) is 22.5. The number of rotatable bonds is 5. The molecule has 0 spiro atoms. The van der Waals surface area contributed by atoms with Gasteiger partial charge < -0.3 is 5.32 Å². The Hall–Kier alpha value is -3.52. The second kappa shape index (κ2) is 9.74. The van der Waals surface area contributed by atoms with Gasteiger partial charge in [0, 0.05) is 12.1 Å². The summed E-state index contributed by atoms with van der Waals surface area (Å²) >= 11 is 1.17. The lowest BCUT2D eigenvalue weighted by Gasteiger charge is -2.32. The minimum Gasteiger partial charge on any atom is -0.325 e. The molecule has 1 N–H and O–H groups in total. The van der Waals surface area contributed by atoms with Gasteiger partial charge in [-0.2, -0.15) is 0 Å². The van der Waals surface area contributed by atoms with E-state index in [4.69, 9.17) is 0 Å². The van der Waals surface area contributed by atoms with Crippen LogP contribution in [0.25, 0.3) is 0 Å². The normalized spacial score (nSPS) is 17.4. The van der Waals surface area contributed by atoms with Crippen molar-refractivity contribution in [3.8, 4) is 0 Å². The third-order valence-electron chi connectivity index (χ3n) is 4.78. The van der Waals surface area contributed by atoms with Crippen molar-refractivity contribution in [3.63, 3.8) is 0 Å². The quantitative estimate of drug-likeness (QED) is 0.585. The van der Waals surface area contributed by atoms with E-state index in [1.54, 1.807) is 0 Å². The van der Waals surface area contributed by atoms with E-state index in [1.165, 1.54) is 65.2 Å². The molecule has 1 atom stereocenters. The van der Waals surface area contributed by atoms with Crippen molar-refractivity contribution in [2.24, 2.45) is 4.99 Å². The highest BCUT2D eigenvalue weighted by Crippen LogP contribution is 2.31. The van der Waals surface area contributed by atoms with E-state index in [1.807, 2.05) is 30.3 Å². The van der Waals surface area contributed by atoms with Gasteiger partial charge in [-0.25, -0.2) is 13.8 Å². The number of anilines is 1. The van der Waals surface area contributed by atoms with E-state index >= 15 is 0 Å². The number of aliphatic imine (C=N–C) groups is 1. The van der Waals surface area contributed by atoms with Gasteiger partial charge in [-0.1, -0.05) is 42.1 Å². The van der Waals surface area contributed by atoms with Crippen LogP contribution in [0.5, 0.6) is 0 Å². The SMILES string of the molecule is O=C(Nc1ccc(F)cc1)C1CC(=O)N(Cc2ccccc2)C(=Nc2ccc(F)cc2)S1. The van der Waals surface area contributed by atoms with Crippen LogP contribution in [0.1, 0.15) is 12.0 Å². The minimum absolute atomic E-state index is 0.00698. The number of benzene rings is 3. The first kappa shape index (κ1) is 21.7. The van der Waals surface area contributed by atoms with E-state index in [0.29, 0.717) is 23.1 Å². The molecule has 1 saturated heterocycles. The fraction of sp³-hybridized carbons (Fsp3) is 0.125. The molecule has 4 rings (SSSR count). The predicted molar refractivity (Wildman–Crippen MR) is 122 cm³/mol. The highest BCUT2D eigenvalue weighted by molar-refractivity contribution is 8.15. The summed E-state index contributed by atoms with van der Waals surface area (Å²) in [6, 6.07) is 20.5. The maximum atomic E-state index is 13.3. The Morgan fingerprint density at radius 3 is 2.25 bits per heavy atom. The molecule has 1 aliphatic heterocycles. The van der Waals surface area contributed by atoms with Gasteiger partial charge in [0.25, 0.3) is 0 Å². The molecule has 8 heteroatoms. The van der Waals surface area contributed by atoms with Crippen LogP contribution in [-0.2, 0) is 16.1 Å². The van der Waals surface area contributed by atoms with Crippen LogP contribution in [0.4, 0.5) is 20.2 Å². The average molecular weight is 451 g/mol. The maximum absolute atomic E-state index is 13.3. The Bertz CT molecular complexity index is 1140. The minimum atomic E-state index is -0.709. The summed E-state index contributed by atoms with van der Waals surface area (Å²) in [5.41, 5.74) is 1.83. The Morgan fingerprint density at radius 1 is 0.969 bits per heavy atom. The second-order valence-corrected chi connectivity index (χ2v) is 8.31. The molecule has 3 aromatic carbocycles. The third-order valence-corrected chi connectivity index (χ3v) is 5.97. The molecule has 2 amide bonds. The Kier molecular flexibility index (Phi) is 6.61. The number of hydrogen-bond acceptors (Lipinski definition) is 4. The fourth-order valence-corrected chi connectivity index (χ4v) is 4.24. The van der Waals surface area contributed by atoms with Gasteiger partial charge in [-0.3, -0.25) is 14.5 Å². The van der Waals surface area contributed by atoms with E-state index in [9.17, 15) is 18.4 Å². The van der Waals surface area contributed by atoms with Gasteiger partial charge in [0.1, 0.15) is 16.9 Å². The van der Waals surface area contributed by atoms with Crippen molar-refractivity contribution >= 4 is 40.1 Å². The first-order valence-corrected chi connectivity index (χ1v) is 10.8. The molecular weight excluding hydrogens is 432 g/mol. The molecule has 0 saturated carbocycles. The smallest absolute Gasteiger partial charge is 0.238 e. The largest absolute Gasteiger partial charge is 0.325 e. The Labute approximate surface area is 188 Å². The van der Waals surface area contributed by atoms with Crippen LogP contribution >= 0.6 is 11.8 Å². The van der Waals surface area contributed by atoms with Crippen molar-refractivity contribution in [1.29, 1.82) is 0 Å². The van der Waals surface area contributed by atoms with E-state index < -0.39 is 11.1 Å². The maximum Gasteiger partial charge on any atom is 0.238 e. The van der Waals surface area contributed by atoms with Gasteiger partial charge in [0.15, 0.2) is 5.17 Å². The number of amidine groups is 1. The van der Waals surface area contributed by atoms with Gasteiger partial charge in [-0.05, 0) is 54.1 Å². The average Bonchev–Trinajstić information content (AvgIpc) is 2.79. The monoisotopic (exact) mass is 451 g/mol. The van der Waals surface area contributed by atoms with Crippen LogP contribution in [0, 0.1) is 11.6 Å². The van der Waals surface area contributed by atoms with E-state index in [2.05, 4.69) is 10.3 Å². The van der Waals surface area contributed by atoms with Gasteiger partial charge in [0.05, 0.1) is 12.2 Å². The molecule has 162 valence electrons. The number of nitrogens with zero attached hydrogens (tertiary/aromatic N) is 2. The first-order chi connectivity index (χ1) is 15.5. The summed E-state index contributed by atoms with van der Waals surface area (Å²) in [5, 5.41) is 2.36. The molecule has 0 radical (unpaired) electrons. The summed E-state index contributed by atoms with van der Waals surface area (Å²) < 4.78 is 26.4.